The third-order valence-corrected chi connectivity index (χ3v) is 18.0. The first kappa shape index (κ1) is 78.5. The third-order valence-electron chi connectivity index (χ3n) is 18.0. The molecule has 15 atom stereocenters. The van der Waals surface area contributed by atoms with Crippen LogP contribution in [0.1, 0.15) is 71.9 Å². The van der Waals surface area contributed by atoms with Crippen molar-refractivity contribution in [3.63, 3.8) is 0 Å². The van der Waals surface area contributed by atoms with E-state index in [1.54, 1.807) is 109 Å². The van der Waals surface area contributed by atoms with Crippen LogP contribution in [0.3, 0.4) is 0 Å². The summed E-state index contributed by atoms with van der Waals surface area (Å²) in [6.45, 7) is -1.62. The molecule has 0 bridgehead atoms. The highest BCUT2D eigenvalue weighted by molar-refractivity contribution is 5.77. The minimum atomic E-state index is -1.69. The normalized spacial score (nSPS) is 24.5. The van der Waals surface area contributed by atoms with Crippen molar-refractivity contribution >= 4 is 17.9 Å². The molecule has 30 nitrogen and oxygen atoms in total. The molecule has 3 saturated heterocycles. The van der Waals surface area contributed by atoms with Gasteiger partial charge < -0.3 is 119 Å². The minimum Gasteiger partial charge on any atom is -0.481 e. The number of unbranched alkanes of at least 4 members (excludes halogenated alkanes) is 3. The van der Waals surface area contributed by atoms with Gasteiger partial charge in [0.15, 0.2) is 0 Å². The Balaban J connectivity index is 0.823. The number of aliphatic hydroxyl groups is 12. The Labute approximate surface area is 602 Å². The molecule has 0 saturated carbocycles. The molecule has 4 heterocycles. The molecule has 564 valence electrons. The maximum Gasteiger partial charge on any atom is 0.325 e. The lowest BCUT2D eigenvalue weighted by atomic mass is 9.97. The molecule has 6 aromatic carbocycles. The molecule has 7 aromatic rings. The van der Waals surface area contributed by atoms with Crippen LogP contribution in [0.15, 0.2) is 127 Å². The number of carboxylic acids is 3. The molecule has 15 N–H and O–H groups in total. The van der Waals surface area contributed by atoms with Crippen LogP contribution in [0.4, 0.5) is 0 Å². The summed E-state index contributed by atoms with van der Waals surface area (Å²) in [5.41, 5.74) is 7.28. The van der Waals surface area contributed by atoms with E-state index in [2.05, 4.69) is 15.0 Å². The number of carbonyl (C=O) groups is 3. The first-order valence-corrected chi connectivity index (χ1v) is 34.4. The summed E-state index contributed by atoms with van der Waals surface area (Å²) >= 11 is 0. The van der Waals surface area contributed by atoms with Gasteiger partial charge in [-0.15, -0.1) is 15.0 Å². The first-order chi connectivity index (χ1) is 50.6. The highest BCUT2D eigenvalue weighted by Crippen LogP contribution is 2.39. The largest absolute Gasteiger partial charge is 0.481 e. The van der Waals surface area contributed by atoms with Crippen LogP contribution in [0, 0.1) is 0 Å². The van der Waals surface area contributed by atoms with Gasteiger partial charge in [0, 0.05) is 16.7 Å². The quantitative estimate of drug-likeness (QED) is 0.0251. The van der Waals surface area contributed by atoms with E-state index in [-0.39, 0.29) is 74.4 Å². The average molecular weight is 1460 g/mol. The van der Waals surface area contributed by atoms with Crippen molar-refractivity contribution in [3.05, 3.63) is 161 Å². The monoisotopic (exact) mass is 1460 g/mol. The third kappa shape index (κ3) is 20.9. The number of rotatable bonds is 36. The van der Waals surface area contributed by atoms with E-state index in [9.17, 15) is 91.0 Å². The van der Waals surface area contributed by atoms with Crippen molar-refractivity contribution in [1.82, 2.24) is 15.0 Å². The van der Waals surface area contributed by atoms with E-state index in [0.29, 0.717) is 108 Å². The van der Waals surface area contributed by atoms with Crippen LogP contribution in [-0.4, -0.2) is 241 Å². The summed E-state index contributed by atoms with van der Waals surface area (Å²) in [6, 6.07) is 36.0. The second kappa shape index (κ2) is 37.3. The van der Waals surface area contributed by atoms with Crippen molar-refractivity contribution in [2.24, 2.45) is 0 Å². The number of ether oxygens (including phenoxy) is 9. The van der Waals surface area contributed by atoms with Crippen LogP contribution < -0.4 is 28.4 Å². The lowest BCUT2D eigenvalue weighted by Gasteiger charge is -2.39. The Morgan fingerprint density at radius 2 is 0.610 bits per heavy atom. The molecule has 105 heavy (non-hydrogen) atoms. The van der Waals surface area contributed by atoms with Gasteiger partial charge in [-0.3, -0.25) is 14.4 Å². The number of hydrogen-bond donors (Lipinski definition) is 15. The molecule has 3 aliphatic heterocycles. The van der Waals surface area contributed by atoms with Gasteiger partial charge in [-0.1, -0.05) is 91.0 Å². The van der Waals surface area contributed by atoms with Crippen LogP contribution in [0.5, 0.6) is 35.3 Å². The molecular formula is C75H87N3O27. The maximum atomic E-state index is 11.7. The second-order valence-electron chi connectivity index (χ2n) is 25.8. The van der Waals surface area contributed by atoms with Crippen molar-refractivity contribution in [2.45, 2.75) is 169 Å². The zero-order chi connectivity index (χ0) is 74.8. The van der Waals surface area contributed by atoms with Gasteiger partial charge >= 0.3 is 35.9 Å². The number of aromatic nitrogens is 3. The Kier molecular flexibility index (Phi) is 27.9. The Morgan fingerprint density at radius 3 is 0.867 bits per heavy atom. The van der Waals surface area contributed by atoms with Crippen molar-refractivity contribution < 1.29 is 134 Å². The van der Waals surface area contributed by atoms with E-state index in [1.165, 1.54) is 0 Å². The molecule has 0 radical (unpaired) electrons. The number of nitrogens with zero attached hydrogens (tertiary/aromatic N) is 3. The SMILES string of the molecule is O=C(O)Cc1cccc(-c2cc(CCCCOc3nc(OCCCCc4ccc(O[C@H]5O[C@H](CO)[C@@H](O)[C@@H](O)[C@@H]5O)c(-c5cccc(CC(=O)O)c5)c4)nc(OCCCCc4ccc(O[C@H]5O[C@H](CO)[C@@H](O)[C@@H](O)[C@@H]5O)c(-c5cccc(CC(=O)O)c5)c4)n3)ccc2O[C@H]2O[C@H](CO)[C@@H](O)[C@@H](O)[C@@H]2O)c1. The molecule has 10 rings (SSSR count). The maximum absolute atomic E-state index is 11.7. The van der Waals surface area contributed by atoms with Gasteiger partial charge in [0.25, 0.3) is 0 Å². The standard InChI is InChI=1S/C75H87N3O27/c79-37-55-61(88)64(91)67(94)70(103-55)100-52-22-19-40(31-49(52)46-16-7-13-43(28-46)34-58(82)83)10-1-4-25-97-73-76-74(98-26-5-2-11-41-20-23-53(101-71-68(95)65(92)62(89)56(38-80)104-71)50(32-41)47-17-8-14-44(29-47)35-59(84)85)78-75(77-73)99-27-6-3-12-42-21-24-54(102-72-69(96)66(93)63(90)57(39-81)105-72)51(33-42)48-18-9-15-45(30-48)36-60(86)87/h7-9,13-24,28-33,55-57,61-72,79-81,88-96H,1-6,10-12,25-27,34-39H2,(H,82,83)(H,84,85)(H,86,87)/t55-,56-,57-,61-,62-,63-,64-,65-,66-,67+,68+,69+,70+,71+,72+/m1/s1. The summed E-state index contributed by atoms with van der Waals surface area (Å²) in [5, 5.41) is 153. The van der Waals surface area contributed by atoms with Gasteiger partial charge in [0.1, 0.15) is 90.5 Å². The Morgan fingerprint density at radius 1 is 0.333 bits per heavy atom. The van der Waals surface area contributed by atoms with E-state index >= 15 is 0 Å². The fourth-order valence-electron chi connectivity index (χ4n) is 12.4. The van der Waals surface area contributed by atoms with Gasteiger partial charge in [-0.25, -0.2) is 0 Å². The predicted molar refractivity (Wildman–Crippen MR) is 368 cm³/mol. The van der Waals surface area contributed by atoms with Gasteiger partial charge in [-0.05, 0) is 144 Å². The summed E-state index contributed by atoms with van der Waals surface area (Å²) in [5.74, 6) is -2.50. The Bertz CT molecular complexity index is 3620. The zero-order valence-corrected chi connectivity index (χ0v) is 57.0. The van der Waals surface area contributed by atoms with E-state index in [0.717, 1.165) is 16.7 Å². The number of hydrogen-bond acceptors (Lipinski definition) is 27. The molecule has 30 heteroatoms. The molecule has 3 aliphatic rings. The van der Waals surface area contributed by atoms with E-state index in [4.69, 9.17) is 42.6 Å². The first-order valence-electron chi connectivity index (χ1n) is 34.4. The van der Waals surface area contributed by atoms with Gasteiger partial charge in [0.05, 0.1) is 58.9 Å². The number of aliphatic hydroxyl groups excluding tert-OH is 12. The van der Waals surface area contributed by atoms with E-state index in [1.807, 2.05) is 18.2 Å². The van der Waals surface area contributed by atoms with Crippen LogP contribution in [0.25, 0.3) is 33.4 Å². The van der Waals surface area contributed by atoms with Crippen LogP contribution in [-0.2, 0) is 67.1 Å². The number of carboxylic acid groups (broad SMARTS) is 3. The highest BCUT2D eigenvalue weighted by Gasteiger charge is 2.47. The molecule has 0 spiro atoms. The van der Waals surface area contributed by atoms with Gasteiger partial charge in [0.2, 0.25) is 18.9 Å². The Hall–Kier alpha value is -9.06. The summed E-state index contributed by atoms with van der Waals surface area (Å²) < 4.78 is 53.7. The molecule has 0 amide bonds. The predicted octanol–water partition coefficient (Wildman–Crippen LogP) is 2.50. The smallest absolute Gasteiger partial charge is 0.325 e. The highest BCUT2D eigenvalue weighted by atomic mass is 16.7. The molecule has 3 fully saturated rings. The molecule has 0 unspecified atom stereocenters. The molecule has 1 aromatic heterocycles. The summed E-state index contributed by atoms with van der Waals surface area (Å²) in [4.78, 5) is 48.5. The average Bonchev–Trinajstić information content (AvgIpc) is 0.801. The molecular weight excluding hydrogens is 1370 g/mol. The van der Waals surface area contributed by atoms with Gasteiger partial charge in [-0.2, -0.15) is 0 Å². The van der Waals surface area contributed by atoms with Crippen molar-refractivity contribution in [3.8, 4) is 68.7 Å². The summed E-state index contributed by atoms with van der Waals surface area (Å²) in [7, 11) is 0. The topological polar surface area (TPSA) is 476 Å². The fourth-order valence-corrected chi connectivity index (χ4v) is 12.4. The number of benzene rings is 6. The number of aliphatic carboxylic acids is 3. The number of aryl methyl sites for hydroxylation is 3. The molecule has 0 aliphatic carbocycles. The zero-order valence-electron chi connectivity index (χ0n) is 57.0. The minimum absolute atomic E-state index is 0.0924. The van der Waals surface area contributed by atoms with Crippen molar-refractivity contribution in [1.29, 1.82) is 0 Å². The second-order valence-corrected chi connectivity index (χ2v) is 25.8. The fraction of sp³-hybridized carbons (Fsp3) is 0.440. The lowest BCUT2D eigenvalue weighted by molar-refractivity contribution is -0.277. The summed E-state index contributed by atoms with van der Waals surface area (Å²) in [6.07, 6.45) is -19.3. The van der Waals surface area contributed by atoms with Crippen LogP contribution >= 0.6 is 0 Å². The lowest BCUT2D eigenvalue weighted by Crippen LogP contribution is -2.60. The van der Waals surface area contributed by atoms with Crippen LogP contribution in [0.2, 0.25) is 0 Å². The van der Waals surface area contributed by atoms with E-state index < -0.39 is 130 Å². The van der Waals surface area contributed by atoms with Crippen molar-refractivity contribution in [2.75, 3.05) is 39.6 Å².